The van der Waals surface area contributed by atoms with Crippen molar-refractivity contribution in [3.05, 3.63) is 29.3 Å². The molecule has 1 saturated carbocycles. The molecule has 2 N–H and O–H groups in total. The van der Waals surface area contributed by atoms with Gasteiger partial charge in [0.25, 0.3) is 5.91 Å². The molecule has 1 amide bonds. The SMILES string of the molecule is CCN(C(=O)COc1cc(C(N)=S)ccc1C)C1CC1. The van der Waals surface area contributed by atoms with Gasteiger partial charge in [0.1, 0.15) is 10.7 Å². The number of likely N-dealkylation sites (N-methyl/N-ethyl adjacent to an activating group) is 1. The maximum Gasteiger partial charge on any atom is 0.260 e. The first-order chi connectivity index (χ1) is 9.52. The van der Waals surface area contributed by atoms with E-state index in [-0.39, 0.29) is 12.5 Å². The Bertz CT molecular complexity index is 527. The highest BCUT2D eigenvalue weighted by Gasteiger charge is 2.31. The summed E-state index contributed by atoms with van der Waals surface area (Å²) in [7, 11) is 0. The molecular weight excluding hydrogens is 272 g/mol. The molecule has 1 fully saturated rings. The first kappa shape index (κ1) is 14.8. The lowest BCUT2D eigenvalue weighted by molar-refractivity contribution is -0.133. The van der Waals surface area contributed by atoms with Crippen molar-refractivity contribution < 1.29 is 9.53 Å². The number of hydrogen-bond donors (Lipinski definition) is 1. The van der Waals surface area contributed by atoms with Crippen LogP contribution in [0.3, 0.4) is 0 Å². The summed E-state index contributed by atoms with van der Waals surface area (Å²) in [4.78, 5) is 14.3. The molecule has 5 heteroatoms. The van der Waals surface area contributed by atoms with Crippen LogP contribution < -0.4 is 10.5 Å². The van der Waals surface area contributed by atoms with Gasteiger partial charge in [0.05, 0.1) is 0 Å². The second-order valence-corrected chi connectivity index (χ2v) is 5.48. The highest BCUT2D eigenvalue weighted by molar-refractivity contribution is 7.80. The van der Waals surface area contributed by atoms with Gasteiger partial charge >= 0.3 is 0 Å². The van der Waals surface area contributed by atoms with E-state index in [0.29, 0.717) is 16.8 Å². The molecule has 1 aromatic rings. The number of nitrogens with two attached hydrogens (primary N) is 1. The maximum atomic E-state index is 12.1. The summed E-state index contributed by atoms with van der Waals surface area (Å²) in [5.74, 6) is 0.700. The van der Waals surface area contributed by atoms with Gasteiger partial charge in [0, 0.05) is 18.2 Å². The predicted molar refractivity (Wildman–Crippen MR) is 83.0 cm³/mol. The van der Waals surface area contributed by atoms with E-state index < -0.39 is 0 Å². The summed E-state index contributed by atoms with van der Waals surface area (Å²) in [5.41, 5.74) is 7.32. The zero-order valence-corrected chi connectivity index (χ0v) is 12.7. The number of benzene rings is 1. The minimum Gasteiger partial charge on any atom is -0.483 e. The van der Waals surface area contributed by atoms with Crippen LogP contribution in [-0.4, -0.2) is 35.0 Å². The van der Waals surface area contributed by atoms with Crippen LogP contribution in [0.2, 0.25) is 0 Å². The van der Waals surface area contributed by atoms with E-state index in [4.69, 9.17) is 22.7 Å². The van der Waals surface area contributed by atoms with Gasteiger partial charge in [0.2, 0.25) is 0 Å². The van der Waals surface area contributed by atoms with Crippen LogP contribution in [0.25, 0.3) is 0 Å². The highest BCUT2D eigenvalue weighted by Crippen LogP contribution is 2.27. The van der Waals surface area contributed by atoms with Crippen LogP contribution >= 0.6 is 12.2 Å². The Balaban J connectivity index is 2.01. The van der Waals surface area contributed by atoms with Crippen molar-refractivity contribution in [1.82, 2.24) is 4.90 Å². The fraction of sp³-hybridized carbons (Fsp3) is 0.467. The van der Waals surface area contributed by atoms with Crippen molar-refractivity contribution in [1.29, 1.82) is 0 Å². The second kappa shape index (κ2) is 6.22. The number of hydrogen-bond acceptors (Lipinski definition) is 3. The highest BCUT2D eigenvalue weighted by atomic mass is 32.1. The maximum absolute atomic E-state index is 12.1. The standard InChI is InChI=1S/C15H20N2O2S/c1-3-17(12-6-7-12)14(18)9-19-13-8-11(15(16)20)5-4-10(13)2/h4-5,8,12H,3,6-7,9H2,1-2H3,(H2,16,20). The molecule has 0 heterocycles. The molecule has 4 nitrogen and oxygen atoms in total. The molecule has 0 radical (unpaired) electrons. The number of amides is 1. The van der Waals surface area contributed by atoms with Crippen molar-refractivity contribution in [3.63, 3.8) is 0 Å². The number of thiocarbonyl (C=S) groups is 1. The van der Waals surface area contributed by atoms with Crippen molar-refractivity contribution in [2.45, 2.75) is 32.7 Å². The number of carbonyl (C=O) groups is 1. The molecule has 108 valence electrons. The average molecular weight is 292 g/mol. The van der Waals surface area contributed by atoms with Gasteiger partial charge in [-0.2, -0.15) is 0 Å². The lowest BCUT2D eigenvalue weighted by Crippen LogP contribution is -2.36. The Hall–Kier alpha value is -1.62. The van der Waals surface area contributed by atoms with E-state index in [0.717, 1.165) is 30.5 Å². The zero-order valence-electron chi connectivity index (χ0n) is 11.9. The number of nitrogens with zero attached hydrogens (tertiary/aromatic N) is 1. The van der Waals surface area contributed by atoms with Crippen molar-refractivity contribution in [2.75, 3.05) is 13.2 Å². The fourth-order valence-corrected chi connectivity index (χ4v) is 2.28. The van der Waals surface area contributed by atoms with Gasteiger partial charge in [0.15, 0.2) is 6.61 Å². The average Bonchev–Trinajstić information content (AvgIpc) is 3.23. The largest absolute Gasteiger partial charge is 0.483 e. The lowest BCUT2D eigenvalue weighted by atomic mass is 10.1. The second-order valence-electron chi connectivity index (χ2n) is 5.04. The predicted octanol–water partition coefficient (Wildman–Crippen LogP) is 2.02. The van der Waals surface area contributed by atoms with Crippen LogP contribution in [0, 0.1) is 6.92 Å². The molecule has 1 aliphatic carbocycles. The summed E-state index contributed by atoms with van der Waals surface area (Å²) in [6.07, 6.45) is 2.21. The summed E-state index contributed by atoms with van der Waals surface area (Å²) >= 11 is 4.95. The third-order valence-corrected chi connectivity index (χ3v) is 3.71. The molecule has 0 aliphatic heterocycles. The Kier molecular flexibility index (Phi) is 4.60. The molecule has 0 saturated heterocycles. The fourth-order valence-electron chi connectivity index (χ4n) is 2.16. The Morgan fingerprint density at radius 3 is 2.75 bits per heavy atom. The van der Waals surface area contributed by atoms with Gasteiger partial charge in [-0.25, -0.2) is 0 Å². The minimum atomic E-state index is 0.0372. The van der Waals surface area contributed by atoms with Crippen molar-refractivity contribution in [3.8, 4) is 5.75 Å². The van der Waals surface area contributed by atoms with Crippen LogP contribution in [-0.2, 0) is 4.79 Å². The molecule has 1 aliphatic rings. The van der Waals surface area contributed by atoms with Crippen LogP contribution in [0.5, 0.6) is 5.75 Å². The van der Waals surface area contributed by atoms with Gasteiger partial charge < -0.3 is 15.4 Å². The Morgan fingerprint density at radius 1 is 1.50 bits per heavy atom. The Morgan fingerprint density at radius 2 is 2.20 bits per heavy atom. The van der Waals surface area contributed by atoms with Gasteiger partial charge in [-0.1, -0.05) is 24.4 Å². The van der Waals surface area contributed by atoms with E-state index >= 15 is 0 Å². The summed E-state index contributed by atoms with van der Waals surface area (Å²) in [5, 5.41) is 0. The van der Waals surface area contributed by atoms with Crippen LogP contribution in [0.1, 0.15) is 30.9 Å². The minimum absolute atomic E-state index is 0.0372. The van der Waals surface area contributed by atoms with Gasteiger partial charge in [-0.3, -0.25) is 4.79 Å². The van der Waals surface area contributed by atoms with Gasteiger partial charge in [-0.15, -0.1) is 0 Å². The number of ether oxygens (including phenoxy) is 1. The summed E-state index contributed by atoms with van der Waals surface area (Å²) in [6, 6.07) is 5.96. The molecule has 20 heavy (non-hydrogen) atoms. The lowest BCUT2D eigenvalue weighted by Gasteiger charge is -2.20. The molecular formula is C15H20N2O2S. The molecule has 0 unspecified atom stereocenters. The summed E-state index contributed by atoms with van der Waals surface area (Å²) in [6.45, 7) is 4.72. The summed E-state index contributed by atoms with van der Waals surface area (Å²) < 4.78 is 5.64. The van der Waals surface area contributed by atoms with E-state index in [9.17, 15) is 4.79 Å². The van der Waals surface area contributed by atoms with E-state index in [2.05, 4.69) is 0 Å². The third kappa shape index (κ3) is 3.48. The molecule has 0 atom stereocenters. The first-order valence-corrected chi connectivity index (χ1v) is 7.26. The van der Waals surface area contributed by atoms with E-state index in [1.54, 1.807) is 6.07 Å². The van der Waals surface area contributed by atoms with Gasteiger partial charge in [-0.05, 0) is 38.3 Å². The quantitative estimate of drug-likeness (QED) is 0.815. The topological polar surface area (TPSA) is 55.6 Å². The molecule has 0 spiro atoms. The van der Waals surface area contributed by atoms with Crippen LogP contribution in [0.4, 0.5) is 0 Å². The molecule has 0 aromatic heterocycles. The third-order valence-electron chi connectivity index (χ3n) is 3.47. The normalized spacial score (nSPS) is 13.9. The van der Waals surface area contributed by atoms with Crippen molar-refractivity contribution in [2.24, 2.45) is 5.73 Å². The monoisotopic (exact) mass is 292 g/mol. The smallest absolute Gasteiger partial charge is 0.260 e. The molecule has 0 bridgehead atoms. The molecule has 2 rings (SSSR count). The van der Waals surface area contributed by atoms with E-state index in [1.807, 2.05) is 30.9 Å². The van der Waals surface area contributed by atoms with E-state index in [1.165, 1.54) is 0 Å². The zero-order chi connectivity index (χ0) is 14.7. The number of aryl methyl sites for hydroxylation is 1. The molecule has 1 aromatic carbocycles. The van der Waals surface area contributed by atoms with Crippen LogP contribution in [0.15, 0.2) is 18.2 Å². The van der Waals surface area contributed by atoms with Crippen molar-refractivity contribution >= 4 is 23.1 Å². The number of carbonyl (C=O) groups excluding carboxylic acids is 1. The number of rotatable bonds is 6. The first-order valence-electron chi connectivity index (χ1n) is 6.85. The Labute approximate surface area is 124 Å².